The average Bonchev–Trinajstić information content (AvgIpc) is 3.81. The monoisotopic (exact) mass is 687 g/mol. The highest BCUT2D eigenvalue weighted by Crippen LogP contribution is 2.60. The first-order chi connectivity index (χ1) is 23.3. The van der Waals surface area contributed by atoms with Gasteiger partial charge in [-0.05, 0) is 61.8 Å². The van der Waals surface area contributed by atoms with E-state index in [4.69, 9.17) is 4.74 Å². The maximum absolute atomic E-state index is 16.3. The number of aromatic nitrogens is 2. The molecule has 3 aliphatic rings. The number of carbonyl (C=O) groups is 2. The number of hydrogen-bond acceptors (Lipinski definition) is 7. The van der Waals surface area contributed by atoms with Crippen molar-refractivity contribution < 1.29 is 28.5 Å². The molecular formula is C35H38FN5O7Si. The number of anilines is 1. The number of nitrogens with one attached hydrogen (secondary N) is 1. The normalized spacial score (nSPS) is 25.1. The molecule has 7 rings (SSSR count). The number of aromatic amines is 1. The Morgan fingerprint density at radius 3 is 2.55 bits per heavy atom. The fourth-order valence-electron chi connectivity index (χ4n) is 8.32. The highest BCUT2D eigenvalue weighted by molar-refractivity contribution is 6.72. The van der Waals surface area contributed by atoms with Gasteiger partial charge in [-0.3, -0.25) is 29.6 Å². The molecule has 4 heterocycles. The summed E-state index contributed by atoms with van der Waals surface area (Å²) in [5.41, 5.74) is -0.203. The fraction of sp³-hybridized carbons (Fsp3) is 0.400. The summed E-state index contributed by atoms with van der Waals surface area (Å²) in [6.07, 6.45) is 0.309. The summed E-state index contributed by atoms with van der Waals surface area (Å²) < 4.78 is 24.4. The number of non-ortho nitro benzene ring substituents is 1. The van der Waals surface area contributed by atoms with Crippen LogP contribution in [0.2, 0.25) is 18.6 Å². The van der Waals surface area contributed by atoms with Crippen molar-refractivity contribution in [1.29, 1.82) is 0 Å². The van der Waals surface area contributed by atoms with Gasteiger partial charge < -0.3 is 23.8 Å². The Bertz CT molecular complexity index is 2020. The Morgan fingerprint density at radius 1 is 1.14 bits per heavy atom. The summed E-state index contributed by atoms with van der Waals surface area (Å²) in [7, 11) is -3.59. The van der Waals surface area contributed by atoms with Gasteiger partial charge in [0.05, 0.1) is 58.9 Å². The molecule has 4 aromatic rings. The van der Waals surface area contributed by atoms with Crippen LogP contribution in [0.25, 0.3) is 16.6 Å². The van der Waals surface area contributed by atoms with Gasteiger partial charge in [0, 0.05) is 35.7 Å². The molecule has 2 fully saturated rings. The van der Waals surface area contributed by atoms with Crippen LogP contribution in [0.3, 0.4) is 0 Å². The van der Waals surface area contributed by atoms with Crippen molar-refractivity contribution in [1.82, 2.24) is 14.7 Å². The summed E-state index contributed by atoms with van der Waals surface area (Å²) in [4.78, 5) is 55.7. The second kappa shape index (κ2) is 12.0. The van der Waals surface area contributed by atoms with Crippen molar-refractivity contribution in [2.45, 2.75) is 69.1 Å². The highest BCUT2D eigenvalue weighted by Gasteiger charge is 2.67. The van der Waals surface area contributed by atoms with Crippen LogP contribution < -0.4 is 10.5 Å². The number of halogens is 1. The lowest BCUT2D eigenvalue weighted by atomic mass is 9.82. The number of carbonyl (C=O) groups excluding carboxylic acids is 2. The van der Waals surface area contributed by atoms with Crippen molar-refractivity contribution in [2.75, 3.05) is 18.1 Å². The number of nitrogens with zero attached hydrogens (tertiary/aromatic N) is 4. The number of nitro benzene ring substituents is 1. The lowest BCUT2D eigenvalue weighted by Gasteiger charge is -2.31. The van der Waals surface area contributed by atoms with Gasteiger partial charge in [0.15, 0.2) is 5.60 Å². The van der Waals surface area contributed by atoms with Gasteiger partial charge in [0.1, 0.15) is 0 Å². The second-order valence-corrected chi connectivity index (χ2v) is 17.7. The summed E-state index contributed by atoms with van der Waals surface area (Å²) in [6, 6.07) is 18.2. The molecule has 1 aromatic heterocycles. The zero-order valence-corrected chi connectivity index (χ0v) is 28.5. The van der Waals surface area contributed by atoms with Crippen molar-refractivity contribution in [3.63, 3.8) is 0 Å². The van der Waals surface area contributed by atoms with Crippen LogP contribution in [0.5, 0.6) is 0 Å². The second-order valence-electron chi connectivity index (χ2n) is 13.9. The largest absolute Gasteiger partial charge is 0.394 e. The molecule has 0 saturated carbocycles. The SMILES string of the molecule is C[C@@H]1[C@@H]([Si](C)(C)F)[C@H](CC(=O)N2CCC[C@H]2CO)O[C@@]12C(=O)N(Cc1ccc(-n3[nH]c4ccccc4c3=O)cc1)c1ccc([N+](=O)[O-])cc12. The number of rotatable bonds is 8. The first-order valence-corrected chi connectivity index (χ1v) is 19.5. The van der Waals surface area contributed by atoms with Crippen LogP contribution in [0.1, 0.15) is 37.3 Å². The molecule has 2 saturated heterocycles. The number of fused-ring (bicyclic) bond motifs is 3. The molecule has 2 N–H and O–H groups in total. The summed E-state index contributed by atoms with van der Waals surface area (Å²) in [6.45, 7) is 5.20. The molecule has 2 amide bonds. The Hall–Kier alpha value is -4.66. The third kappa shape index (κ3) is 5.29. The molecule has 5 atom stereocenters. The van der Waals surface area contributed by atoms with Gasteiger partial charge in [-0.2, -0.15) is 0 Å². The third-order valence-corrected chi connectivity index (χ3v) is 13.0. The lowest BCUT2D eigenvalue weighted by molar-refractivity contribution is -0.385. The van der Waals surface area contributed by atoms with E-state index in [9.17, 15) is 29.6 Å². The number of para-hydroxylation sites is 1. The van der Waals surface area contributed by atoms with Crippen LogP contribution in [-0.2, 0) is 26.5 Å². The molecule has 0 aliphatic carbocycles. The van der Waals surface area contributed by atoms with Gasteiger partial charge >= 0.3 is 0 Å². The van der Waals surface area contributed by atoms with Crippen LogP contribution in [0.15, 0.2) is 71.5 Å². The van der Waals surface area contributed by atoms with Crippen molar-refractivity contribution in [2.24, 2.45) is 5.92 Å². The van der Waals surface area contributed by atoms with Crippen molar-refractivity contribution >= 4 is 42.5 Å². The van der Waals surface area contributed by atoms with Crippen LogP contribution >= 0.6 is 0 Å². The number of hydrogen-bond donors (Lipinski definition) is 2. The maximum Gasteiger partial charge on any atom is 0.279 e. The first kappa shape index (κ1) is 32.9. The maximum atomic E-state index is 16.3. The number of amides is 2. The first-order valence-electron chi connectivity index (χ1n) is 16.5. The molecule has 0 bridgehead atoms. The quantitative estimate of drug-likeness (QED) is 0.116. The molecule has 3 aromatic carbocycles. The fourth-order valence-corrected chi connectivity index (χ4v) is 10.8. The molecule has 49 heavy (non-hydrogen) atoms. The van der Waals surface area contributed by atoms with Gasteiger partial charge in [0.25, 0.3) is 17.2 Å². The minimum Gasteiger partial charge on any atom is -0.394 e. The van der Waals surface area contributed by atoms with Gasteiger partial charge in [-0.25, -0.2) is 4.68 Å². The zero-order valence-electron chi connectivity index (χ0n) is 27.5. The molecule has 0 unspecified atom stereocenters. The van der Waals surface area contributed by atoms with E-state index in [1.165, 1.54) is 40.9 Å². The molecule has 256 valence electrons. The Kier molecular flexibility index (Phi) is 8.07. The Balaban J connectivity index is 1.24. The summed E-state index contributed by atoms with van der Waals surface area (Å²) >= 11 is 0. The van der Waals surface area contributed by atoms with E-state index in [1.807, 2.05) is 12.1 Å². The van der Waals surface area contributed by atoms with Crippen molar-refractivity contribution in [3.05, 3.63) is 98.3 Å². The topological polar surface area (TPSA) is 151 Å². The Labute approximate surface area is 282 Å². The molecule has 0 radical (unpaired) electrons. The molecule has 14 heteroatoms. The summed E-state index contributed by atoms with van der Waals surface area (Å²) in [5.74, 6) is -1.48. The number of H-pyrrole nitrogens is 1. The van der Waals surface area contributed by atoms with Gasteiger partial charge in [-0.1, -0.05) is 31.2 Å². The minimum atomic E-state index is -3.59. The van der Waals surface area contributed by atoms with E-state index in [0.29, 0.717) is 35.2 Å². The minimum absolute atomic E-state index is 0.0834. The van der Waals surface area contributed by atoms with Crippen LogP contribution in [-0.4, -0.2) is 70.2 Å². The molecule has 1 spiro atoms. The van der Waals surface area contributed by atoms with Crippen molar-refractivity contribution in [3.8, 4) is 5.69 Å². The predicted octanol–water partition coefficient (Wildman–Crippen LogP) is 4.92. The predicted molar refractivity (Wildman–Crippen MR) is 183 cm³/mol. The van der Waals surface area contributed by atoms with E-state index in [-0.39, 0.29) is 48.3 Å². The van der Waals surface area contributed by atoms with Gasteiger partial charge in [-0.15, -0.1) is 0 Å². The number of ether oxygens (including phenoxy) is 1. The Morgan fingerprint density at radius 2 is 1.88 bits per heavy atom. The van der Waals surface area contributed by atoms with Gasteiger partial charge in [0.2, 0.25) is 14.3 Å². The van der Waals surface area contributed by atoms with E-state index in [2.05, 4.69) is 5.10 Å². The number of benzene rings is 3. The van der Waals surface area contributed by atoms with Crippen LogP contribution in [0.4, 0.5) is 15.5 Å². The smallest absolute Gasteiger partial charge is 0.279 e. The van der Waals surface area contributed by atoms with E-state index in [0.717, 1.165) is 12.0 Å². The number of aliphatic hydroxyl groups is 1. The number of aliphatic hydroxyl groups excluding tert-OH is 1. The van der Waals surface area contributed by atoms with Crippen LogP contribution in [0, 0.1) is 16.0 Å². The van der Waals surface area contributed by atoms with E-state index < -0.39 is 42.4 Å². The molecular weight excluding hydrogens is 649 g/mol. The number of likely N-dealkylation sites (tertiary alicyclic amines) is 1. The molecule has 12 nitrogen and oxygen atoms in total. The molecule has 3 aliphatic heterocycles. The van der Waals surface area contributed by atoms with E-state index >= 15 is 4.11 Å². The standard InChI is InChI=1S/C35H38FN5O7Si/c1-21-32(49(2,3)36)30(18-31(43)38-16-6-7-25(38)20-42)48-35(21)27-17-24(41(46)47)14-15-29(27)39(34(35)45)19-22-10-12-23(13-11-22)40-33(44)26-8-4-5-9-28(26)37-40/h4-5,8-15,17,21,25,30,32,37,42H,6-7,16,18-20H2,1-3H3/t21-,25+,30+,32-,35+/m1/s1. The number of nitro groups is 1. The zero-order chi connectivity index (χ0) is 34.8. The lowest BCUT2D eigenvalue weighted by Crippen LogP contribution is -2.45. The third-order valence-electron chi connectivity index (χ3n) is 10.6. The van der Waals surface area contributed by atoms with E-state index in [1.54, 1.807) is 48.2 Å². The summed E-state index contributed by atoms with van der Waals surface area (Å²) in [5, 5.41) is 25.4. The average molecular weight is 688 g/mol. The highest BCUT2D eigenvalue weighted by atomic mass is 28.4.